The Bertz CT molecular complexity index is 1590. The van der Waals surface area contributed by atoms with Crippen molar-refractivity contribution in [1.29, 1.82) is 0 Å². The maximum absolute atomic E-state index is 13.5. The fraction of sp³-hybridized carbons (Fsp3) is 0.133. The second-order valence-electron chi connectivity index (χ2n) is 9.43. The highest BCUT2D eigenvalue weighted by molar-refractivity contribution is 6.11. The lowest BCUT2D eigenvalue weighted by Crippen LogP contribution is -2.42. The first kappa shape index (κ1) is 26.2. The number of aryl methyl sites for hydroxylation is 1. The predicted molar refractivity (Wildman–Crippen MR) is 150 cm³/mol. The second kappa shape index (κ2) is 11.2. The van der Waals surface area contributed by atoms with E-state index in [-0.39, 0.29) is 30.2 Å². The summed E-state index contributed by atoms with van der Waals surface area (Å²) in [4.78, 5) is 61.2. The van der Waals surface area contributed by atoms with Gasteiger partial charge >= 0.3 is 0 Å². The highest BCUT2D eigenvalue weighted by Gasteiger charge is 2.32. The van der Waals surface area contributed by atoms with Crippen molar-refractivity contribution in [3.63, 3.8) is 0 Å². The Balaban J connectivity index is 1.30. The van der Waals surface area contributed by atoms with Crippen LogP contribution in [0.5, 0.6) is 0 Å². The van der Waals surface area contributed by atoms with Crippen LogP contribution < -0.4 is 16.0 Å². The number of nitrogens with one attached hydrogen (secondary N) is 3. The summed E-state index contributed by atoms with van der Waals surface area (Å²) in [5.41, 5.74) is 3.60. The van der Waals surface area contributed by atoms with Gasteiger partial charge in [0.05, 0.1) is 16.8 Å². The molecule has 0 fully saturated rings. The molecule has 5 rings (SSSR count). The van der Waals surface area contributed by atoms with Gasteiger partial charge in [-0.1, -0.05) is 18.2 Å². The summed E-state index contributed by atoms with van der Waals surface area (Å²) in [5.74, 6) is -0.903. The van der Waals surface area contributed by atoms with Crippen LogP contribution in [0, 0.1) is 6.92 Å². The fourth-order valence-electron chi connectivity index (χ4n) is 4.22. The van der Waals surface area contributed by atoms with Crippen LogP contribution in [0.25, 0.3) is 0 Å². The smallest absolute Gasteiger partial charge is 0.257 e. The normalized spacial score (nSPS) is 14.6. The first-order valence-electron chi connectivity index (χ1n) is 12.6. The highest BCUT2D eigenvalue weighted by Crippen LogP contribution is 2.28. The Morgan fingerprint density at radius 2 is 1.70 bits per heavy atom. The van der Waals surface area contributed by atoms with Crippen molar-refractivity contribution in [2.75, 3.05) is 16.0 Å². The average Bonchev–Trinajstić information content (AvgIpc) is 3.05. The topological polar surface area (TPSA) is 133 Å². The van der Waals surface area contributed by atoms with E-state index in [1.54, 1.807) is 80.0 Å². The first-order chi connectivity index (χ1) is 19.3. The van der Waals surface area contributed by atoms with Crippen molar-refractivity contribution in [1.82, 2.24) is 14.9 Å². The zero-order valence-electron chi connectivity index (χ0n) is 21.8. The molecule has 0 saturated heterocycles. The van der Waals surface area contributed by atoms with Gasteiger partial charge in [-0.3, -0.25) is 24.2 Å². The molecule has 1 aliphatic rings. The minimum Gasteiger partial charge on any atom is -0.323 e. The lowest BCUT2D eigenvalue weighted by Gasteiger charge is -2.26. The number of hydrogen-bond acceptors (Lipinski definition) is 6. The zero-order chi connectivity index (χ0) is 28.2. The molecule has 10 nitrogen and oxygen atoms in total. The van der Waals surface area contributed by atoms with Crippen LogP contribution in [0.2, 0.25) is 0 Å². The summed E-state index contributed by atoms with van der Waals surface area (Å²) in [6, 6.07) is 17.7. The Hall–Kier alpha value is -5.38. The molecule has 4 aromatic rings. The maximum atomic E-state index is 13.5. The molecule has 1 atom stereocenters. The third kappa shape index (κ3) is 5.70. The number of fused-ring (bicyclic) bond motifs is 1. The molecule has 2 aromatic carbocycles. The number of amides is 4. The standard InChI is InChI=1S/C30H26N6O4/c1-18-5-12-26(32-15-18)35-28(38)21-8-6-20(7-9-21)17-36-19(2)27(37)34-25-14-23(10-11-24(25)30(36)40)33-29(39)22-4-3-13-31-16-22/h3-16,19H,17H2,1-2H3,(H,33,39)(H,34,37)(H,32,35,38). The number of hydrogen-bond donors (Lipinski definition) is 3. The van der Waals surface area contributed by atoms with E-state index in [1.807, 2.05) is 13.0 Å². The van der Waals surface area contributed by atoms with E-state index in [2.05, 4.69) is 25.9 Å². The number of carbonyl (C=O) groups excluding carboxylic acids is 4. The van der Waals surface area contributed by atoms with Gasteiger partial charge in [-0.05, 0) is 73.5 Å². The third-order valence-electron chi connectivity index (χ3n) is 6.52. The Labute approximate surface area is 230 Å². The molecule has 10 heteroatoms. The lowest BCUT2D eigenvalue weighted by atomic mass is 10.1. The van der Waals surface area contributed by atoms with Crippen LogP contribution >= 0.6 is 0 Å². The van der Waals surface area contributed by atoms with E-state index in [9.17, 15) is 19.2 Å². The number of aromatic nitrogens is 2. The third-order valence-corrected chi connectivity index (χ3v) is 6.52. The van der Waals surface area contributed by atoms with Crippen molar-refractivity contribution in [3.8, 4) is 0 Å². The summed E-state index contributed by atoms with van der Waals surface area (Å²) in [6.45, 7) is 3.73. The highest BCUT2D eigenvalue weighted by atomic mass is 16.2. The summed E-state index contributed by atoms with van der Waals surface area (Å²) in [6.07, 6.45) is 4.69. The van der Waals surface area contributed by atoms with E-state index in [0.29, 0.717) is 33.9 Å². The molecule has 3 heterocycles. The second-order valence-corrected chi connectivity index (χ2v) is 9.43. The van der Waals surface area contributed by atoms with Gasteiger partial charge in [0.25, 0.3) is 17.7 Å². The Kier molecular flexibility index (Phi) is 7.32. The van der Waals surface area contributed by atoms with Gasteiger partial charge in [0.15, 0.2) is 0 Å². The van der Waals surface area contributed by atoms with Gasteiger partial charge in [-0.25, -0.2) is 4.98 Å². The lowest BCUT2D eigenvalue weighted by molar-refractivity contribution is -0.120. The molecule has 0 bridgehead atoms. The number of rotatable bonds is 6. The van der Waals surface area contributed by atoms with Crippen LogP contribution in [-0.4, -0.2) is 44.5 Å². The molecular formula is C30H26N6O4. The van der Waals surface area contributed by atoms with E-state index < -0.39 is 6.04 Å². The van der Waals surface area contributed by atoms with E-state index in [4.69, 9.17) is 0 Å². The van der Waals surface area contributed by atoms with Crippen molar-refractivity contribution in [3.05, 3.63) is 113 Å². The number of carbonyl (C=O) groups is 4. The van der Waals surface area contributed by atoms with E-state index in [0.717, 1.165) is 11.1 Å². The van der Waals surface area contributed by atoms with Crippen LogP contribution in [-0.2, 0) is 11.3 Å². The molecule has 0 spiro atoms. The van der Waals surface area contributed by atoms with Crippen molar-refractivity contribution >= 4 is 40.8 Å². The number of pyridine rings is 2. The quantitative estimate of drug-likeness (QED) is 0.338. The summed E-state index contributed by atoms with van der Waals surface area (Å²) in [5, 5.41) is 8.31. The molecule has 0 aliphatic carbocycles. The molecule has 1 aliphatic heterocycles. The molecular weight excluding hydrogens is 508 g/mol. The van der Waals surface area contributed by atoms with Crippen molar-refractivity contribution in [2.24, 2.45) is 0 Å². The largest absolute Gasteiger partial charge is 0.323 e. The van der Waals surface area contributed by atoms with Gasteiger partial charge in [0.2, 0.25) is 5.91 Å². The van der Waals surface area contributed by atoms with Crippen LogP contribution in [0.1, 0.15) is 49.1 Å². The minimum atomic E-state index is -0.760. The molecule has 200 valence electrons. The van der Waals surface area contributed by atoms with E-state index >= 15 is 0 Å². The molecule has 0 saturated carbocycles. The van der Waals surface area contributed by atoms with Gasteiger partial charge in [-0.2, -0.15) is 0 Å². The van der Waals surface area contributed by atoms with Gasteiger partial charge < -0.3 is 20.9 Å². The van der Waals surface area contributed by atoms with Gasteiger partial charge in [-0.15, -0.1) is 0 Å². The van der Waals surface area contributed by atoms with Crippen molar-refractivity contribution in [2.45, 2.75) is 26.4 Å². The Morgan fingerprint density at radius 3 is 2.40 bits per heavy atom. The fourth-order valence-corrected chi connectivity index (χ4v) is 4.22. The molecule has 2 aromatic heterocycles. The molecule has 1 unspecified atom stereocenters. The SMILES string of the molecule is Cc1ccc(NC(=O)c2ccc(CN3C(=O)c4ccc(NC(=O)c5cccnc5)cc4NC(=O)C3C)cc2)nc1. The van der Waals surface area contributed by atoms with Crippen LogP contribution in [0.4, 0.5) is 17.2 Å². The van der Waals surface area contributed by atoms with E-state index in [1.165, 1.54) is 11.1 Å². The summed E-state index contributed by atoms with van der Waals surface area (Å²) in [7, 11) is 0. The monoisotopic (exact) mass is 534 g/mol. The van der Waals surface area contributed by atoms with Crippen LogP contribution in [0.3, 0.4) is 0 Å². The van der Waals surface area contributed by atoms with Gasteiger partial charge in [0, 0.05) is 36.4 Å². The maximum Gasteiger partial charge on any atom is 0.257 e. The summed E-state index contributed by atoms with van der Waals surface area (Å²) < 4.78 is 0. The van der Waals surface area contributed by atoms with Gasteiger partial charge in [0.1, 0.15) is 11.9 Å². The van der Waals surface area contributed by atoms with Crippen LogP contribution in [0.15, 0.2) is 85.3 Å². The predicted octanol–water partition coefficient (Wildman–Crippen LogP) is 4.27. The molecule has 4 amide bonds. The molecule has 0 radical (unpaired) electrons. The van der Waals surface area contributed by atoms with Crippen molar-refractivity contribution < 1.29 is 19.2 Å². The Morgan fingerprint density at radius 1 is 0.925 bits per heavy atom. The molecule has 40 heavy (non-hydrogen) atoms. The average molecular weight is 535 g/mol. The minimum absolute atomic E-state index is 0.160. The molecule has 3 N–H and O–H groups in total. The summed E-state index contributed by atoms with van der Waals surface area (Å²) >= 11 is 0. The number of anilines is 3. The number of benzene rings is 2. The first-order valence-corrected chi connectivity index (χ1v) is 12.6. The zero-order valence-corrected chi connectivity index (χ0v) is 21.8. The number of nitrogens with zero attached hydrogens (tertiary/aromatic N) is 3.